The molecule has 1 aromatic carbocycles. The average molecular weight is 235 g/mol. The number of hydrogen-bond donors (Lipinski definition) is 1. The highest BCUT2D eigenvalue weighted by molar-refractivity contribution is 5.89. The van der Waals surface area contributed by atoms with Crippen molar-refractivity contribution in [2.45, 2.75) is 6.92 Å². The van der Waals surface area contributed by atoms with Gasteiger partial charge < -0.3 is 10.1 Å². The minimum absolute atomic E-state index is 0.110. The summed E-state index contributed by atoms with van der Waals surface area (Å²) >= 11 is 0. The van der Waals surface area contributed by atoms with E-state index in [0.29, 0.717) is 0 Å². The van der Waals surface area contributed by atoms with Gasteiger partial charge in [-0.15, -0.1) is 0 Å². The molecular weight excluding hydrogens is 218 g/mol. The summed E-state index contributed by atoms with van der Waals surface area (Å²) in [5.74, 6) is -0.861. The number of hydrogen-bond acceptors (Lipinski definition) is 3. The van der Waals surface area contributed by atoms with Crippen molar-refractivity contribution in [3.05, 3.63) is 48.6 Å². The lowest BCUT2D eigenvalue weighted by Gasteiger charge is -1.98. The predicted molar refractivity (Wildman–Crippen MR) is 66.4 cm³/mol. The molecule has 1 N–H and O–H groups in total. The molecule has 0 bridgehead atoms. The first-order chi connectivity index (χ1) is 8.10. The van der Waals surface area contributed by atoms with Gasteiger partial charge in [0.2, 0.25) is 5.91 Å². The molecule has 0 aliphatic heterocycles. The van der Waals surface area contributed by atoms with Gasteiger partial charge >= 0.3 is 5.97 Å². The summed E-state index contributed by atoms with van der Waals surface area (Å²) in [6.45, 7) is 5.17. The van der Waals surface area contributed by atoms with Crippen LogP contribution in [-0.4, -0.2) is 25.5 Å². The number of nitrogens with one attached hydrogen (secondary N) is 1. The number of benzene rings is 1. The molecule has 0 aromatic heterocycles. The third-order valence-electron chi connectivity index (χ3n) is 1.76. The molecule has 4 heteroatoms. The number of amides is 1. The topological polar surface area (TPSA) is 55.4 Å². The molecule has 0 aliphatic carbocycles. The van der Waals surface area contributed by atoms with Crippen LogP contribution in [0, 0.1) is 6.92 Å². The van der Waals surface area contributed by atoms with Crippen molar-refractivity contribution in [3.63, 3.8) is 0 Å². The van der Waals surface area contributed by atoms with Crippen molar-refractivity contribution >= 4 is 11.9 Å². The van der Waals surface area contributed by atoms with Gasteiger partial charge in [0.25, 0.3) is 0 Å². The number of carbonyl (C=O) groups excluding carboxylic acids is 2. The standard InChI is InChI=1S/C7H8.C6H9NO3/c1-7-5-3-2-4-6-7;1-3-5(8)7-4-6(9)10-2/h2-6H,1H3;3H,1,4H2,2H3,(H,7,8). The predicted octanol–water partition coefficient (Wildman–Crippen LogP) is 1.46. The number of rotatable bonds is 3. The van der Waals surface area contributed by atoms with Gasteiger partial charge in [-0.3, -0.25) is 9.59 Å². The monoisotopic (exact) mass is 235 g/mol. The molecule has 0 saturated carbocycles. The smallest absolute Gasteiger partial charge is 0.325 e. The first-order valence-corrected chi connectivity index (χ1v) is 5.09. The second kappa shape index (κ2) is 9.15. The Kier molecular flexibility index (Phi) is 8.02. The number of ether oxygens (including phenoxy) is 1. The van der Waals surface area contributed by atoms with E-state index >= 15 is 0 Å². The Morgan fingerprint density at radius 1 is 1.35 bits per heavy atom. The van der Waals surface area contributed by atoms with E-state index in [2.05, 4.69) is 35.7 Å². The van der Waals surface area contributed by atoms with Crippen LogP contribution < -0.4 is 5.32 Å². The Hall–Kier alpha value is -2.10. The van der Waals surface area contributed by atoms with Gasteiger partial charge in [-0.2, -0.15) is 0 Å². The van der Waals surface area contributed by atoms with E-state index in [0.717, 1.165) is 6.08 Å². The lowest BCUT2D eigenvalue weighted by molar-refractivity contribution is -0.140. The fourth-order valence-corrected chi connectivity index (χ4v) is 0.838. The summed E-state index contributed by atoms with van der Waals surface area (Å²) < 4.78 is 4.26. The number of esters is 1. The third-order valence-corrected chi connectivity index (χ3v) is 1.76. The fourth-order valence-electron chi connectivity index (χ4n) is 0.838. The third kappa shape index (κ3) is 8.87. The van der Waals surface area contributed by atoms with E-state index in [1.165, 1.54) is 12.7 Å². The average Bonchev–Trinajstić information content (AvgIpc) is 2.37. The summed E-state index contributed by atoms with van der Waals surface area (Å²) in [6, 6.07) is 10.3. The Morgan fingerprint density at radius 3 is 2.29 bits per heavy atom. The quantitative estimate of drug-likeness (QED) is 0.637. The van der Waals surface area contributed by atoms with E-state index in [-0.39, 0.29) is 12.5 Å². The van der Waals surface area contributed by atoms with Gasteiger partial charge in [0, 0.05) is 0 Å². The van der Waals surface area contributed by atoms with E-state index < -0.39 is 5.97 Å². The number of methoxy groups -OCH3 is 1. The van der Waals surface area contributed by atoms with E-state index in [1.807, 2.05) is 18.2 Å². The number of aryl methyl sites for hydroxylation is 1. The minimum atomic E-state index is -0.477. The summed E-state index contributed by atoms with van der Waals surface area (Å²) in [5, 5.41) is 2.25. The number of carbonyl (C=O) groups is 2. The van der Waals surface area contributed by atoms with E-state index in [1.54, 1.807) is 0 Å². The Morgan fingerprint density at radius 2 is 1.94 bits per heavy atom. The SMILES string of the molecule is C=CC(=O)NCC(=O)OC.Cc1ccccc1. The zero-order valence-electron chi connectivity index (χ0n) is 10.1. The molecule has 1 aromatic rings. The molecule has 0 aliphatic rings. The van der Waals surface area contributed by atoms with Crippen LogP contribution in [-0.2, 0) is 14.3 Å². The van der Waals surface area contributed by atoms with Crippen LogP contribution in [0.25, 0.3) is 0 Å². The van der Waals surface area contributed by atoms with Gasteiger partial charge in [0.05, 0.1) is 7.11 Å². The summed E-state index contributed by atoms with van der Waals surface area (Å²) in [7, 11) is 1.25. The van der Waals surface area contributed by atoms with E-state index in [9.17, 15) is 9.59 Å². The van der Waals surface area contributed by atoms with Crippen LogP contribution in [0.4, 0.5) is 0 Å². The molecule has 92 valence electrons. The summed E-state index contributed by atoms with van der Waals surface area (Å²) in [5.41, 5.74) is 1.32. The second-order valence-corrected chi connectivity index (χ2v) is 3.15. The van der Waals surface area contributed by atoms with Crippen LogP contribution in [0.15, 0.2) is 43.0 Å². The first kappa shape index (κ1) is 14.9. The van der Waals surface area contributed by atoms with Crippen LogP contribution in [0.3, 0.4) is 0 Å². The maximum Gasteiger partial charge on any atom is 0.325 e. The van der Waals surface area contributed by atoms with Gasteiger partial charge in [-0.25, -0.2) is 0 Å². The molecule has 1 rings (SSSR count). The lowest BCUT2D eigenvalue weighted by Crippen LogP contribution is -2.28. The zero-order chi connectivity index (χ0) is 13.1. The van der Waals surface area contributed by atoms with Crippen molar-refractivity contribution in [2.24, 2.45) is 0 Å². The summed E-state index contributed by atoms with van der Waals surface area (Å²) in [6.07, 6.45) is 1.09. The van der Waals surface area contributed by atoms with Crippen molar-refractivity contribution < 1.29 is 14.3 Å². The van der Waals surface area contributed by atoms with Crippen LogP contribution >= 0.6 is 0 Å². The normalized spacial score (nSPS) is 8.35. The van der Waals surface area contributed by atoms with Crippen LogP contribution in [0.1, 0.15) is 5.56 Å². The largest absolute Gasteiger partial charge is 0.468 e. The molecule has 0 saturated heterocycles. The van der Waals surface area contributed by atoms with Crippen molar-refractivity contribution in [3.8, 4) is 0 Å². The molecule has 0 heterocycles. The highest BCUT2D eigenvalue weighted by Crippen LogP contribution is 1.92. The molecule has 0 radical (unpaired) electrons. The summed E-state index contributed by atoms with van der Waals surface area (Å²) in [4.78, 5) is 20.8. The fraction of sp³-hybridized carbons (Fsp3) is 0.231. The van der Waals surface area contributed by atoms with Gasteiger partial charge in [0.15, 0.2) is 0 Å². The second-order valence-electron chi connectivity index (χ2n) is 3.15. The highest BCUT2D eigenvalue weighted by atomic mass is 16.5. The maximum absolute atomic E-state index is 10.4. The Bertz CT molecular complexity index is 360. The molecule has 17 heavy (non-hydrogen) atoms. The van der Waals surface area contributed by atoms with Crippen LogP contribution in [0.5, 0.6) is 0 Å². The minimum Gasteiger partial charge on any atom is -0.468 e. The van der Waals surface area contributed by atoms with Gasteiger partial charge in [-0.1, -0.05) is 42.5 Å². The molecule has 1 amide bonds. The maximum atomic E-state index is 10.4. The van der Waals surface area contributed by atoms with Crippen molar-refractivity contribution in [1.29, 1.82) is 0 Å². The van der Waals surface area contributed by atoms with Crippen molar-refractivity contribution in [1.82, 2.24) is 5.32 Å². The Balaban J connectivity index is 0.000000318. The van der Waals surface area contributed by atoms with E-state index in [4.69, 9.17) is 0 Å². The highest BCUT2D eigenvalue weighted by Gasteiger charge is 1.99. The first-order valence-electron chi connectivity index (χ1n) is 5.09. The van der Waals surface area contributed by atoms with Gasteiger partial charge in [0.1, 0.15) is 6.54 Å². The van der Waals surface area contributed by atoms with Crippen molar-refractivity contribution in [2.75, 3.05) is 13.7 Å². The molecular formula is C13H17NO3. The van der Waals surface area contributed by atoms with Gasteiger partial charge in [-0.05, 0) is 13.0 Å². The molecule has 0 atom stereocenters. The lowest BCUT2D eigenvalue weighted by atomic mass is 10.2. The Labute approximate surface area is 101 Å². The molecule has 0 fully saturated rings. The van der Waals surface area contributed by atoms with Crippen LogP contribution in [0.2, 0.25) is 0 Å². The molecule has 4 nitrogen and oxygen atoms in total. The molecule has 0 spiro atoms. The molecule has 0 unspecified atom stereocenters. The zero-order valence-corrected chi connectivity index (χ0v) is 10.1.